The van der Waals surface area contributed by atoms with Gasteiger partial charge in [0.2, 0.25) is 0 Å². The number of hydrogen-bond donors (Lipinski definition) is 0. The van der Waals surface area contributed by atoms with Crippen molar-refractivity contribution in [1.82, 2.24) is 24.9 Å². The number of carbonyl (C=O) groups is 1. The molecule has 0 unspecified atom stereocenters. The van der Waals surface area contributed by atoms with Crippen LogP contribution in [0.2, 0.25) is 0 Å². The second-order valence-corrected chi connectivity index (χ2v) is 6.54. The highest BCUT2D eigenvalue weighted by atomic mass is 16.5. The molecule has 0 aromatic carbocycles. The summed E-state index contributed by atoms with van der Waals surface area (Å²) in [7, 11) is 0. The maximum Gasteiger partial charge on any atom is 0.255 e. The van der Waals surface area contributed by atoms with E-state index in [0.717, 1.165) is 25.1 Å². The molecule has 4 rings (SSSR count). The molecule has 0 radical (unpaired) electrons. The van der Waals surface area contributed by atoms with Crippen molar-refractivity contribution in [2.45, 2.75) is 38.5 Å². The molecule has 2 aromatic heterocycles. The number of amides is 1. The number of hydrogen-bond acceptors (Lipinski definition) is 5. The number of carbonyl (C=O) groups excluding carboxylic acids is 1. The Morgan fingerprint density at radius 1 is 1.38 bits per heavy atom. The molecule has 2 aliphatic rings. The third kappa shape index (κ3) is 2.69. The molecule has 2 aromatic rings. The molecule has 1 saturated heterocycles. The molecule has 0 N–H and O–H groups in total. The smallest absolute Gasteiger partial charge is 0.255 e. The first-order valence-electron chi connectivity index (χ1n) is 8.42. The van der Waals surface area contributed by atoms with Crippen LogP contribution in [0.3, 0.4) is 0 Å². The van der Waals surface area contributed by atoms with Crippen molar-refractivity contribution in [3.8, 4) is 0 Å². The van der Waals surface area contributed by atoms with Crippen LogP contribution in [0.15, 0.2) is 30.7 Å². The number of nitrogens with zero attached hydrogens (tertiary/aromatic N) is 5. The van der Waals surface area contributed by atoms with Crippen molar-refractivity contribution >= 4 is 5.91 Å². The summed E-state index contributed by atoms with van der Waals surface area (Å²) >= 11 is 0. The lowest BCUT2D eigenvalue weighted by Gasteiger charge is -2.39. The van der Waals surface area contributed by atoms with E-state index in [0.29, 0.717) is 24.6 Å². The first kappa shape index (κ1) is 15.3. The van der Waals surface area contributed by atoms with E-state index in [-0.39, 0.29) is 18.1 Å². The number of fused-ring (bicyclic) bond motifs is 1. The number of rotatable bonds is 3. The largest absolute Gasteiger partial charge is 0.374 e. The minimum atomic E-state index is 0.0546. The van der Waals surface area contributed by atoms with E-state index in [4.69, 9.17) is 4.74 Å². The zero-order valence-electron chi connectivity index (χ0n) is 13.7. The third-order valence-corrected chi connectivity index (χ3v) is 5.11. The number of ether oxygens (including phenoxy) is 1. The third-order valence-electron chi connectivity index (χ3n) is 5.11. The molecular formula is C17H21N5O2. The second-order valence-electron chi connectivity index (χ2n) is 6.54. The van der Waals surface area contributed by atoms with Crippen LogP contribution in [0.1, 0.15) is 28.9 Å². The SMILES string of the molecule is Cc1cnnn1C[C@@H]1CC[C@@H]2[C@@H]1OCCN2C(=O)c1cccnc1. The molecule has 0 spiro atoms. The predicted octanol–water partition coefficient (Wildman–Crippen LogP) is 1.30. The van der Waals surface area contributed by atoms with Crippen molar-refractivity contribution in [2.24, 2.45) is 5.92 Å². The number of aryl methyl sites for hydroxylation is 1. The van der Waals surface area contributed by atoms with Gasteiger partial charge in [-0.25, -0.2) is 4.68 Å². The zero-order chi connectivity index (χ0) is 16.5. The highest BCUT2D eigenvalue weighted by molar-refractivity contribution is 5.94. The molecule has 1 aliphatic carbocycles. The Morgan fingerprint density at radius 3 is 3.04 bits per heavy atom. The molecule has 0 bridgehead atoms. The molecule has 1 saturated carbocycles. The van der Waals surface area contributed by atoms with Gasteiger partial charge in [-0.2, -0.15) is 0 Å². The Hall–Kier alpha value is -2.28. The minimum absolute atomic E-state index is 0.0546. The van der Waals surface area contributed by atoms with Gasteiger partial charge in [0, 0.05) is 31.4 Å². The van der Waals surface area contributed by atoms with E-state index in [9.17, 15) is 4.79 Å². The van der Waals surface area contributed by atoms with E-state index in [2.05, 4.69) is 15.3 Å². The van der Waals surface area contributed by atoms with Crippen molar-refractivity contribution in [2.75, 3.05) is 13.2 Å². The predicted molar refractivity (Wildman–Crippen MR) is 86.3 cm³/mol. The van der Waals surface area contributed by atoms with Gasteiger partial charge in [-0.15, -0.1) is 5.10 Å². The fourth-order valence-corrected chi connectivity index (χ4v) is 3.87. The Morgan fingerprint density at radius 2 is 2.29 bits per heavy atom. The molecule has 3 atom stereocenters. The monoisotopic (exact) mass is 327 g/mol. The van der Waals surface area contributed by atoms with Crippen LogP contribution in [0, 0.1) is 12.8 Å². The van der Waals surface area contributed by atoms with Gasteiger partial charge < -0.3 is 9.64 Å². The summed E-state index contributed by atoms with van der Waals surface area (Å²) < 4.78 is 7.98. The average Bonchev–Trinajstić information content (AvgIpc) is 3.22. The topological polar surface area (TPSA) is 73.1 Å². The van der Waals surface area contributed by atoms with Crippen molar-refractivity contribution in [1.29, 1.82) is 0 Å². The van der Waals surface area contributed by atoms with Crippen molar-refractivity contribution in [3.05, 3.63) is 42.0 Å². The van der Waals surface area contributed by atoms with Crippen LogP contribution in [-0.2, 0) is 11.3 Å². The van der Waals surface area contributed by atoms with E-state index < -0.39 is 0 Å². The molecule has 1 aliphatic heterocycles. The van der Waals surface area contributed by atoms with Gasteiger partial charge in [-0.1, -0.05) is 5.21 Å². The first-order chi connectivity index (χ1) is 11.7. The van der Waals surface area contributed by atoms with Gasteiger partial charge in [0.25, 0.3) is 5.91 Å². The van der Waals surface area contributed by atoms with Gasteiger partial charge in [0.05, 0.1) is 36.2 Å². The molecule has 24 heavy (non-hydrogen) atoms. The van der Waals surface area contributed by atoms with Gasteiger partial charge in [0.15, 0.2) is 0 Å². The van der Waals surface area contributed by atoms with Gasteiger partial charge in [-0.05, 0) is 31.9 Å². The first-order valence-corrected chi connectivity index (χ1v) is 8.42. The zero-order valence-corrected chi connectivity index (χ0v) is 13.7. The van der Waals surface area contributed by atoms with Crippen LogP contribution in [-0.4, -0.2) is 56.1 Å². The van der Waals surface area contributed by atoms with Crippen molar-refractivity contribution < 1.29 is 9.53 Å². The van der Waals surface area contributed by atoms with Crippen LogP contribution in [0.5, 0.6) is 0 Å². The summed E-state index contributed by atoms with van der Waals surface area (Å²) in [6.07, 6.45) is 7.17. The van der Waals surface area contributed by atoms with E-state index in [1.807, 2.05) is 22.6 Å². The highest BCUT2D eigenvalue weighted by Gasteiger charge is 2.44. The maximum absolute atomic E-state index is 12.8. The summed E-state index contributed by atoms with van der Waals surface area (Å²) in [6, 6.07) is 3.77. The molecule has 7 heteroatoms. The Labute approximate surface area is 140 Å². The summed E-state index contributed by atoms with van der Waals surface area (Å²) in [5.74, 6) is 0.416. The molecular weight excluding hydrogens is 306 g/mol. The lowest BCUT2D eigenvalue weighted by atomic mass is 10.0. The lowest BCUT2D eigenvalue weighted by Crippen LogP contribution is -2.53. The average molecular weight is 327 g/mol. The molecule has 126 valence electrons. The normalized spacial score (nSPS) is 26.4. The Kier molecular flexibility index (Phi) is 4.02. The summed E-state index contributed by atoms with van der Waals surface area (Å²) in [5.41, 5.74) is 1.70. The minimum Gasteiger partial charge on any atom is -0.374 e. The Bertz CT molecular complexity index is 717. The van der Waals surface area contributed by atoms with Crippen LogP contribution < -0.4 is 0 Å². The fourth-order valence-electron chi connectivity index (χ4n) is 3.87. The summed E-state index contributed by atoms with van der Waals surface area (Å²) in [6.45, 7) is 4.03. The number of aromatic nitrogens is 4. The Balaban J connectivity index is 1.50. The van der Waals surface area contributed by atoms with Crippen molar-refractivity contribution in [3.63, 3.8) is 0 Å². The summed E-state index contributed by atoms with van der Waals surface area (Å²) in [5, 5.41) is 8.09. The fraction of sp³-hybridized carbons (Fsp3) is 0.529. The molecule has 2 fully saturated rings. The van der Waals surface area contributed by atoms with E-state index in [1.165, 1.54) is 0 Å². The van der Waals surface area contributed by atoms with Gasteiger partial charge in [-0.3, -0.25) is 9.78 Å². The van der Waals surface area contributed by atoms with Crippen LogP contribution >= 0.6 is 0 Å². The van der Waals surface area contributed by atoms with Gasteiger partial charge in [0.1, 0.15) is 0 Å². The van der Waals surface area contributed by atoms with Crippen LogP contribution in [0.25, 0.3) is 0 Å². The molecule has 7 nitrogen and oxygen atoms in total. The second kappa shape index (κ2) is 6.32. The number of morpholine rings is 1. The van der Waals surface area contributed by atoms with E-state index >= 15 is 0 Å². The molecule has 1 amide bonds. The number of pyridine rings is 1. The molecule has 3 heterocycles. The standard InChI is InChI=1S/C17H21N5O2/c1-12-9-19-20-22(12)11-14-4-5-15-16(14)24-8-7-21(15)17(23)13-3-2-6-18-10-13/h2-3,6,9-10,14-16H,4-5,7-8,11H2,1H3/t14-,15+,16+/m0/s1. The highest BCUT2D eigenvalue weighted by Crippen LogP contribution is 2.36. The van der Waals surface area contributed by atoms with Crippen LogP contribution in [0.4, 0.5) is 0 Å². The quantitative estimate of drug-likeness (QED) is 0.849. The lowest BCUT2D eigenvalue weighted by molar-refractivity contribution is -0.0650. The summed E-state index contributed by atoms with van der Waals surface area (Å²) in [4.78, 5) is 18.9. The van der Waals surface area contributed by atoms with Gasteiger partial charge >= 0.3 is 0 Å². The maximum atomic E-state index is 12.8. The van der Waals surface area contributed by atoms with E-state index in [1.54, 1.807) is 24.7 Å².